The highest BCUT2D eigenvalue weighted by molar-refractivity contribution is 7.10. The van der Waals surface area contributed by atoms with Gasteiger partial charge in [0.15, 0.2) is 0 Å². The van der Waals surface area contributed by atoms with Gasteiger partial charge in [-0.3, -0.25) is 14.6 Å². The second-order valence-corrected chi connectivity index (χ2v) is 7.38. The van der Waals surface area contributed by atoms with Crippen LogP contribution in [-0.2, 0) is 9.59 Å². The molecule has 6 nitrogen and oxygen atoms in total. The molecule has 0 saturated carbocycles. The number of aliphatic hydroxyl groups excluding tert-OH is 1. The molecule has 0 aliphatic carbocycles. The van der Waals surface area contributed by atoms with Crippen molar-refractivity contribution in [3.05, 3.63) is 58.1 Å². The number of nitrogens with zero attached hydrogens (tertiary/aromatic N) is 3. The smallest absolute Gasteiger partial charge is 0.295 e. The summed E-state index contributed by atoms with van der Waals surface area (Å²) in [5.41, 5.74) is 0.626. The van der Waals surface area contributed by atoms with Crippen LogP contribution in [0.15, 0.2) is 47.6 Å². The normalized spacial score (nSPS) is 19.5. The number of carbonyl (C=O) groups excluding carboxylic acids is 2. The van der Waals surface area contributed by atoms with Crippen LogP contribution in [0.3, 0.4) is 0 Å². The number of ketones is 1. The molecule has 0 aromatic carbocycles. The van der Waals surface area contributed by atoms with E-state index >= 15 is 0 Å². The van der Waals surface area contributed by atoms with Gasteiger partial charge < -0.3 is 14.9 Å². The summed E-state index contributed by atoms with van der Waals surface area (Å²) in [6.07, 6.45) is 3.84. The Morgan fingerprint density at radius 2 is 2.00 bits per heavy atom. The van der Waals surface area contributed by atoms with E-state index in [0.29, 0.717) is 12.1 Å². The zero-order valence-electron chi connectivity index (χ0n) is 14.8. The number of aliphatic hydroxyl groups is 1. The van der Waals surface area contributed by atoms with Crippen molar-refractivity contribution in [1.82, 2.24) is 14.8 Å². The molecular weight excluding hydrogens is 350 g/mol. The predicted molar refractivity (Wildman–Crippen MR) is 101 cm³/mol. The summed E-state index contributed by atoms with van der Waals surface area (Å²) in [6.45, 7) is 1.27. The second kappa shape index (κ2) is 7.80. The fraction of sp³-hybridized carbons (Fsp3) is 0.316. The van der Waals surface area contributed by atoms with Crippen molar-refractivity contribution in [3.63, 3.8) is 0 Å². The molecule has 0 bridgehead atoms. The van der Waals surface area contributed by atoms with E-state index in [2.05, 4.69) is 4.98 Å². The number of Topliss-reactive ketones (excluding diaryl/α,β-unsaturated/α-hetero) is 1. The van der Waals surface area contributed by atoms with Gasteiger partial charge in [-0.15, -0.1) is 11.3 Å². The highest BCUT2D eigenvalue weighted by Crippen LogP contribution is 2.40. The highest BCUT2D eigenvalue weighted by atomic mass is 32.1. The Labute approximate surface area is 156 Å². The molecule has 1 amide bonds. The molecule has 1 fully saturated rings. The van der Waals surface area contributed by atoms with Crippen molar-refractivity contribution >= 4 is 28.8 Å². The van der Waals surface area contributed by atoms with Gasteiger partial charge in [0.1, 0.15) is 5.76 Å². The number of rotatable bonds is 6. The number of likely N-dealkylation sites (tertiary alicyclic amines) is 1. The summed E-state index contributed by atoms with van der Waals surface area (Å²) in [4.78, 5) is 33.8. The number of hydrogen-bond acceptors (Lipinski definition) is 6. The van der Waals surface area contributed by atoms with Crippen LogP contribution in [0.25, 0.3) is 5.76 Å². The Morgan fingerprint density at radius 1 is 1.27 bits per heavy atom. The summed E-state index contributed by atoms with van der Waals surface area (Å²) in [6, 6.07) is 6.47. The summed E-state index contributed by atoms with van der Waals surface area (Å²) in [7, 11) is 3.93. The standard InChI is InChI=1S/C19H21N3O3S/c1-21(2)10-4-11-22-16(14-5-3-12-26-14)15(18(24)19(22)25)17(23)13-6-8-20-9-7-13/h3,5-9,12,16,23H,4,10-11H2,1-2H3/b17-15-. The lowest BCUT2D eigenvalue weighted by molar-refractivity contribution is -0.139. The molecule has 7 heteroatoms. The minimum atomic E-state index is -0.637. The van der Waals surface area contributed by atoms with E-state index in [9.17, 15) is 14.7 Å². The third kappa shape index (κ3) is 3.54. The zero-order valence-corrected chi connectivity index (χ0v) is 15.6. The van der Waals surface area contributed by atoms with Gasteiger partial charge in [0.05, 0.1) is 11.6 Å². The van der Waals surface area contributed by atoms with E-state index in [1.165, 1.54) is 11.3 Å². The number of carbonyl (C=O) groups is 2. The average Bonchev–Trinajstić information content (AvgIpc) is 3.24. The Kier molecular flexibility index (Phi) is 5.49. The number of pyridine rings is 1. The Balaban J connectivity index is 2.02. The van der Waals surface area contributed by atoms with Gasteiger partial charge in [0, 0.05) is 29.4 Å². The molecule has 26 heavy (non-hydrogen) atoms. The first-order valence-corrected chi connectivity index (χ1v) is 9.25. The van der Waals surface area contributed by atoms with Gasteiger partial charge in [-0.25, -0.2) is 0 Å². The molecular formula is C19H21N3O3S. The minimum Gasteiger partial charge on any atom is -0.507 e. The van der Waals surface area contributed by atoms with E-state index in [1.807, 2.05) is 36.5 Å². The van der Waals surface area contributed by atoms with Crippen LogP contribution in [0.4, 0.5) is 0 Å². The zero-order chi connectivity index (χ0) is 18.7. The maximum atomic E-state index is 12.7. The molecule has 1 aliphatic rings. The molecule has 3 heterocycles. The third-order valence-electron chi connectivity index (χ3n) is 4.31. The van der Waals surface area contributed by atoms with Gasteiger partial charge in [0.2, 0.25) is 0 Å². The lowest BCUT2D eigenvalue weighted by atomic mass is 10.0. The SMILES string of the molecule is CN(C)CCCN1C(=O)C(=O)/C(=C(\O)c2ccncc2)C1c1cccs1. The van der Waals surface area contributed by atoms with Crippen molar-refractivity contribution < 1.29 is 14.7 Å². The van der Waals surface area contributed by atoms with Gasteiger partial charge in [-0.2, -0.15) is 0 Å². The van der Waals surface area contributed by atoms with Gasteiger partial charge in [-0.1, -0.05) is 6.07 Å². The van der Waals surface area contributed by atoms with Crippen LogP contribution >= 0.6 is 11.3 Å². The lowest BCUT2D eigenvalue weighted by Crippen LogP contribution is -2.32. The number of amides is 1. The topological polar surface area (TPSA) is 73.7 Å². The van der Waals surface area contributed by atoms with Gasteiger partial charge in [0.25, 0.3) is 11.7 Å². The highest BCUT2D eigenvalue weighted by Gasteiger charge is 2.46. The lowest BCUT2D eigenvalue weighted by Gasteiger charge is -2.24. The fourth-order valence-electron chi connectivity index (χ4n) is 3.08. The van der Waals surface area contributed by atoms with Crippen LogP contribution in [0, 0.1) is 0 Å². The molecule has 2 aromatic rings. The van der Waals surface area contributed by atoms with E-state index in [-0.39, 0.29) is 11.3 Å². The maximum Gasteiger partial charge on any atom is 0.295 e. The van der Waals surface area contributed by atoms with Crippen molar-refractivity contribution in [1.29, 1.82) is 0 Å². The quantitative estimate of drug-likeness (QED) is 0.480. The number of thiophene rings is 1. The number of hydrogen-bond donors (Lipinski definition) is 1. The maximum absolute atomic E-state index is 12.7. The van der Waals surface area contributed by atoms with Crippen molar-refractivity contribution in [2.45, 2.75) is 12.5 Å². The molecule has 1 unspecified atom stereocenters. The van der Waals surface area contributed by atoms with Crippen LogP contribution in [-0.4, -0.2) is 58.8 Å². The molecule has 1 atom stereocenters. The van der Waals surface area contributed by atoms with Crippen LogP contribution in [0.2, 0.25) is 0 Å². The second-order valence-electron chi connectivity index (χ2n) is 6.40. The predicted octanol–water partition coefficient (Wildman–Crippen LogP) is 2.52. The minimum absolute atomic E-state index is 0.147. The first kappa shape index (κ1) is 18.3. The monoisotopic (exact) mass is 371 g/mol. The summed E-state index contributed by atoms with van der Waals surface area (Å²) < 4.78 is 0. The molecule has 1 saturated heterocycles. The van der Waals surface area contributed by atoms with Crippen molar-refractivity contribution in [2.75, 3.05) is 27.2 Å². The van der Waals surface area contributed by atoms with Gasteiger partial charge in [-0.05, 0) is 50.6 Å². The third-order valence-corrected chi connectivity index (χ3v) is 5.24. The van der Waals surface area contributed by atoms with Gasteiger partial charge >= 0.3 is 0 Å². The first-order valence-electron chi connectivity index (χ1n) is 8.37. The summed E-state index contributed by atoms with van der Waals surface area (Å²) >= 11 is 1.47. The molecule has 1 N–H and O–H groups in total. The Morgan fingerprint density at radius 3 is 2.62 bits per heavy atom. The Bertz CT molecular complexity index is 816. The van der Waals surface area contributed by atoms with Crippen LogP contribution in [0.1, 0.15) is 22.9 Å². The number of aromatic nitrogens is 1. The fourth-order valence-corrected chi connectivity index (χ4v) is 3.92. The van der Waals surface area contributed by atoms with E-state index < -0.39 is 17.7 Å². The van der Waals surface area contributed by atoms with Crippen molar-refractivity contribution in [2.24, 2.45) is 0 Å². The molecule has 0 radical (unpaired) electrons. The Hall–Kier alpha value is -2.51. The molecule has 2 aromatic heterocycles. The average molecular weight is 371 g/mol. The van der Waals surface area contributed by atoms with Crippen LogP contribution < -0.4 is 0 Å². The summed E-state index contributed by atoms with van der Waals surface area (Å²) in [5.74, 6) is -1.35. The van der Waals surface area contributed by atoms with Crippen LogP contribution in [0.5, 0.6) is 0 Å². The first-order chi connectivity index (χ1) is 12.5. The largest absolute Gasteiger partial charge is 0.507 e. The van der Waals surface area contributed by atoms with E-state index in [1.54, 1.807) is 29.4 Å². The molecule has 0 spiro atoms. The summed E-state index contributed by atoms with van der Waals surface area (Å²) in [5, 5.41) is 12.7. The van der Waals surface area contributed by atoms with Crippen molar-refractivity contribution in [3.8, 4) is 0 Å². The van der Waals surface area contributed by atoms with E-state index in [0.717, 1.165) is 17.8 Å². The molecule has 136 valence electrons. The molecule has 3 rings (SSSR count). The van der Waals surface area contributed by atoms with E-state index in [4.69, 9.17) is 0 Å². The molecule has 1 aliphatic heterocycles.